The lowest BCUT2D eigenvalue weighted by Crippen LogP contribution is -2.29. The molecule has 5 heteroatoms. The lowest BCUT2D eigenvalue weighted by Gasteiger charge is -2.27. The summed E-state index contributed by atoms with van der Waals surface area (Å²) >= 11 is 0. The normalized spacial score (nSPS) is 17.8. The summed E-state index contributed by atoms with van der Waals surface area (Å²) in [4.78, 5) is 17.2. The van der Waals surface area contributed by atoms with E-state index in [2.05, 4.69) is 22.1 Å². The zero-order valence-electron chi connectivity index (χ0n) is 11.9. The van der Waals surface area contributed by atoms with Crippen LogP contribution in [0.2, 0.25) is 0 Å². The number of piperidine rings is 1. The van der Waals surface area contributed by atoms with Gasteiger partial charge in [-0.15, -0.1) is 0 Å². The summed E-state index contributed by atoms with van der Waals surface area (Å²) < 4.78 is 5.40. The topological polar surface area (TPSA) is 62.1 Å². The smallest absolute Gasteiger partial charge is 0.258 e. The molecular weight excluding hydrogens is 266 g/mol. The fourth-order valence-electron chi connectivity index (χ4n) is 3.28. The molecule has 0 saturated carbocycles. The van der Waals surface area contributed by atoms with Gasteiger partial charge in [-0.2, -0.15) is 0 Å². The van der Waals surface area contributed by atoms with Crippen LogP contribution in [0.4, 0.5) is 0 Å². The molecule has 1 aliphatic rings. The molecule has 0 radical (unpaired) electrons. The number of aromatic nitrogens is 2. The van der Waals surface area contributed by atoms with Gasteiger partial charge in [-0.25, -0.2) is 0 Å². The largest absolute Gasteiger partial charge is 0.337 e. The quantitative estimate of drug-likeness (QED) is 0.745. The molecule has 0 amide bonds. The number of fused-ring (bicyclic) bond motifs is 3. The lowest BCUT2D eigenvalue weighted by molar-refractivity contribution is 0.250. The predicted molar refractivity (Wildman–Crippen MR) is 81.6 cm³/mol. The molecule has 3 heterocycles. The fraction of sp³-hybridized carbons (Fsp3) is 0.375. The van der Waals surface area contributed by atoms with E-state index in [1.165, 1.54) is 0 Å². The van der Waals surface area contributed by atoms with Gasteiger partial charge in [0.05, 0.1) is 11.1 Å². The van der Waals surface area contributed by atoms with Gasteiger partial charge < -0.3 is 9.42 Å². The van der Waals surface area contributed by atoms with Crippen LogP contribution in [0.5, 0.6) is 0 Å². The zero-order chi connectivity index (χ0) is 14.4. The summed E-state index contributed by atoms with van der Waals surface area (Å²) in [5.41, 5.74) is 1.36. The summed E-state index contributed by atoms with van der Waals surface area (Å²) in [5, 5.41) is 6.88. The zero-order valence-corrected chi connectivity index (χ0v) is 11.9. The Labute approximate surface area is 121 Å². The highest BCUT2D eigenvalue weighted by atomic mass is 16.5. The van der Waals surface area contributed by atoms with Crippen LogP contribution in [0, 0.1) is 0 Å². The van der Waals surface area contributed by atoms with Gasteiger partial charge in [0.15, 0.2) is 0 Å². The molecule has 0 aliphatic carbocycles. The number of hydrogen-bond acceptors (Lipinski definition) is 4. The highest BCUT2D eigenvalue weighted by Gasteiger charge is 2.25. The Balaban J connectivity index is 1.95. The standard InChI is InChI=1S/C16H17N3O2/c1-19-8-6-10(7-9-19)14-13-11-4-2-3-5-12(11)15(20)17-16(13)21-18-14/h2-5,10H,6-9H2,1H3,(H,17,20). The number of nitrogens with one attached hydrogen (secondary N) is 1. The van der Waals surface area contributed by atoms with E-state index in [1.807, 2.05) is 24.3 Å². The van der Waals surface area contributed by atoms with Crippen LogP contribution >= 0.6 is 0 Å². The number of pyridine rings is 1. The second-order valence-electron chi connectivity index (χ2n) is 5.85. The first-order valence-corrected chi connectivity index (χ1v) is 7.33. The summed E-state index contributed by atoms with van der Waals surface area (Å²) in [6, 6.07) is 7.65. The first kappa shape index (κ1) is 12.6. The molecule has 0 bridgehead atoms. The van der Waals surface area contributed by atoms with Crippen molar-refractivity contribution in [2.45, 2.75) is 18.8 Å². The number of hydrogen-bond donors (Lipinski definition) is 1. The first-order valence-electron chi connectivity index (χ1n) is 7.33. The average Bonchev–Trinajstić information content (AvgIpc) is 2.92. The molecule has 0 spiro atoms. The van der Waals surface area contributed by atoms with Crippen LogP contribution < -0.4 is 5.56 Å². The van der Waals surface area contributed by atoms with Gasteiger partial charge in [-0.05, 0) is 39.0 Å². The van der Waals surface area contributed by atoms with Gasteiger partial charge in [0.2, 0.25) is 5.71 Å². The van der Waals surface area contributed by atoms with E-state index in [0.29, 0.717) is 17.0 Å². The first-order chi connectivity index (χ1) is 10.2. The Kier molecular flexibility index (Phi) is 2.82. The third-order valence-electron chi connectivity index (χ3n) is 4.49. The monoisotopic (exact) mass is 283 g/mol. The molecule has 1 fully saturated rings. The van der Waals surface area contributed by atoms with Gasteiger partial charge in [0.25, 0.3) is 5.56 Å². The van der Waals surface area contributed by atoms with E-state index in [0.717, 1.165) is 42.4 Å². The van der Waals surface area contributed by atoms with Crippen LogP contribution in [0.3, 0.4) is 0 Å². The minimum atomic E-state index is -0.121. The van der Waals surface area contributed by atoms with Crippen molar-refractivity contribution in [3.05, 3.63) is 40.3 Å². The van der Waals surface area contributed by atoms with E-state index in [9.17, 15) is 4.79 Å². The molecule has 4 rings (SSSR count). The Morgan fingerprint density at radius 2 is 1.95 bits per heavy atom. The number of rotatable bonds is 1. The number of aromatic amines is 1. The van der Waals surface area contributed by atoms with Crippen LogP contribution in [-0.4, -0.2) is 35.2 Å². The Morgan fingerprint density at radius 3 is 2.71 bits per heavy atom. The molecule has 0 unspecified atom stereocenters. The number of likely N-dealkylation sites (tertiary alicyclic amines) is 1. The third kappa shape index (κ3) is 1.96. The summed E-state index contributed by atoms with van der Waals surface area (Å²) in [6.07, 6.45) is 2.15. The Bertz CT molecular complexity index is 857. The highest BCUT2D eigenvalue weighted by Crippen LogP contribution is 2.34. The minimum absolute atomic E-state index is 0.121. The maximum absolute atomic E-state index is 12.1. The van der Waals surface area contributed by atoms with Crippen LogP contribution in [-0.2, 0) is 0 Å². The van der Waals surface area contributed by atoms with E-state index in [4.69, 9.17) is 4.52 Å². The molecule has 1 saturated heterocycles. The van der Waals surface area contributed by atoms with Crippen molar-refractivity contribution >= 4 is 21.9 Å². The van der Waals surface area contributed by atoms with Gasteiger partial charge >= 0.3 is 0 Å². The Morgan fingerprint density at radius 1 is 1.24 bits per heavy atom. The van der Waals surface area contributed by atoms with E-state index >= 15 is 0 Å². The van der Waals surface area contributed by atoms with E-state index in [1.54, 1.807) is 0 Å². The molecule has 1 aromatic carbocycles. The van der Waals surface area contributed by atoms with Crippen molar-refractivity contribution in [2.75, 3.05) is 20.1 Å². The fourth-order valence-corrected chi connectivity index (χ4v) is 3.28. The number of nitrogens with zero attached hydrogens (tertiary/aromatic N) is 2. The predicted octanol–water partition coefficient (Wildman–Crippen LogP) is 2.48. The van der Waals surface area contributed by atoms with Crippen LogP contribution in [0.25, 0.3) is 21.9 Å². The maximum Gasteiger partial charge on any atom is 0.258 e. The van der Waals surface area contributed by atoms with Gasteiger partial charge in [-0.3, -0.25) is 9.78 Å². The molecule has 21 heavy (non-hydrogen) atoms. The molecule has 0 atom stereocenters. The van der Waals surface area contributed by atoms with Crippen molar-refractivity contribution in [2.24, 2.45) is 0 Å². The molecular formula is C16H17N3O2. The summed E-state index contributed by atoms with van der Waals surface area (Å²) in [7, 11) is 2.14. The minimum Gasteiger partial charge on any atom is -0.337 e. The lowest BCUT2D eigenvalue weighted by atomic mass is 9.91. The molecule has 1 aliphatic heterocycles. The van der Waals surface area contributed by atoms with Gasteiger partial charge in [0.1, 0.15) is 0 Å². The maximum atomic E-state index is 12.1. The van der Waals surface area contributed by atoms with E-state index < -0.39 is 0 Å². The molecule has 5 nitrogen and oxygen atoms in total. The Hall–Kier alpha value is -2.14. The average molecular weight is 283 g/mol. The molecule has 3 aromatic rings. The SMILES string of the molecule is CN1CCC(c2noc3[nH]c(=O)c4ccccc4c23)CC1. The molecule has 2 aromatic heterocycles. The summed E-state index contributed by atoms with van der Waals surface area (Å²) in [5.74, 6) is 0.400. The highest BCUT2D eigenvalue weighted by molar-refractivity contribution is 6.05. The van der Waals surface area contributed by atoms with Gasteiger partial charge in [0, 0.05) is 16.7 Å². The van der Waals surface area contributed by atoms with Gasteiger partial charge in [-0.1, -0.05) is 23.4 Å². The molecule has 108 valence electrons. The van der Waals surface area contributed by atoms with E-state index in [-0.39, 0.29) is 5.56 Å². The van der Waals surface area contributed by atoms with Crippen molar-refractivity contribution in [3.8, 4) is 0 Å². The van der Waals surface area contributed by atoms with Crippen molar-refractivity contribution in [3.63, 3.8) is 0 Å². The van der Waals surface area contributed by atoms with Crippen molar-refractivity contribution < 1.29 is 4.52 Å². The third-order valence-corrected chi connectivity index (χ3v) is 4.49. The molecule has 1 N–H and O–H groups in total. The summed E-state index contributed by atoms with van der Waals surface area (Å²) in [6.45, 7) is 2.14. The second-order valence-corrected chi connectivity index (χ2v) is 5.85. The number of H-pyrrole nitrogens is 1. The second kappa shape index (κ2) is 4.70. The van der Waals surface area contributed by atoms with Crippen LogP contribution in [0.1, 0.15) is 24.5 Å². The number of benzene rings is 1. The van der Waals surface area contributed by atoms with Crippen molar-refractivity contribution in [1.29, 1.82) is 0 Å². The van der Waals surface area contributed by atoms with Crippen LogP contribution in [0.15, 0.2) is 33.6 Å². The van der Waals surface area contributed by atoms with Crippen molar-refractivity contribution in [1.82, 2.24) is 15.0 Å².